The molecule has 88 valence electrons. The van der Waals surface area contributed by atoms with Crippen molar-refractivity contribution >= 4 is 27.9 Å². The van der Waals surface area contributed by atoms with E-state index in [9.17, 15) is 4.79 Å². The zero-order chi connectivity index (χ0) is 11.6. The zero-order valence-corrected chi connectivity index (χ0v) is 10.8. The number of hydrogen-bond donors (Lipinski definition) is 1. The number of nitrogens with one attached hydrogen (secondary N) is 1. The quantitative estimate of drug-likeness (QED) is 0.482. The molecule has 3 nitrogen and oxygen atoms in total. The first-order valence-electron chi connectivity index (χ1n) is 5.08. The summed E-state index contributed by atoms with van der Waals surface area (Å²) in [7, 11) is 2.92. The normalized spacial score (nSPS) is 9.81. The maximum Gasteiger partial charge on any atom is 0.417 e. The number of carbonyl (C=O) groups excluding carboxylic acids is 1. The Morgan fingerprint density at radius 2 is 2.12 bits per heavy atom. The molecule has 0 radical (unpaired) electrons. The van der Waals surface area contributed by atoms with Crippen molar-refractivity contribution in [3.63, 3.8) is 0 Å². The number of aryl methyl sites for hydroxylation is 1. The van der Waals surface area contributed by atoms with E-state index in [0.29, 0.717) is 6.61 Å². The van der Waals surface area contributed by atoms with Crippen LogP contribution in [-0.2, 0) is 11.2 Å². The first kappa shape index (κ1) is 13.3. The Labute approximate surface area is 104 Å². The highest BCUT2D eigenvalue weighted by atomic mass is 33.1. The first-order chi connectivity index (χ1) is 7.83. The number of amides is 1. The molecule has 1 amide bonds. The van der Waals surface area contributed by atoms with E-state index in [4.69, 9.17) is 4.74 Å². The van der Waals surface area contributed by atoms with Gasteiger partial charge in [0.1, 0.15) is 0 Å². The summed E-state index contributed by atoms with van der Waals surface area (Å²) in [5.41, 5.74) is 1.31. The molecular weight excluding hydrogens is 242 g/mol. The molecule has 0 unspecified atom stereocenters. The van der Waals surface area contributed by atoms with Gasteiger partial charge in [0.2, 0.25) is 0 Å². The molecule has 0 aliphatic rings. The molecule has 0 bridgehead atoms. The van der Waals surface area contributed by atoms with Gasteiger partial charge < -0.3 is 4.74 Å². The van der Waals surface area contributed by atoms with Gasteiger partial charge in [0.25, 0.3) is 0 Å². The van der Waals surface area contributed by atoms with Crippen LogP contribution in [0.5, 0.6) is 0 Å². The van der Waals surface area contributed by atoms with Gasteiger partial charge in [-0.3, -0.25) is 4.72 Å². The van der Waals surface area contributed by atoms with Crippen molar-refractivity contribution in [1.29, 1.82) is 0 Å². The molecule has 0 aromatic heterocycles. The number of rotatable bonds is 6. The number of hydrogen-bond acceptors (Lipinski definition) is 4. The Kier molecular flexibility index (Phi) is 6.92. The average molecular weight is 257 g/mol. The summed E-state index contributed by atoms with van der Waals surface area (Å²) >= 11 is 0. The molecule has 1 aromatic carbocycles. The highest BCUT2D eigenvalue weighted by Gasteiger charge is 1.99. The van der Waals surface area contributed by atoms with E-state index in [1.807, 2.05) is 18.2 Å². The van der Waals surface area contributed by atoms with E-state index < -0.39 is 0 Å². The fourth-order valence-electron chi connectivity index (χ4n) is 1.07. The highest BCUT2D eigenvalue weighted by molar-refractivity contribution is 8.76. The summed E-state index contributed by atoms with van der Waals surface area (Å²) in [6, 6.07) is 10.3. The second kappa shape index (κ2) is 8.35. The number of benzene rings is 1. The van der Waals surface area contributed by atoms with Crippen LogP contribution in [-0.4, -0.2) is 18.5 Å². The minimum absolute atomic E-state index is 0.375. The van der Waals surface area contributed by atoms with E-state index in [1.54, 1.807) is 17.7 Å². The van der Waals surface area contributed by atoms with E-state index in [0.717, 1.165) is 12.2 Å². The van der Waals surface area contributed by atoms with Crippen LogP contribution in [0.1, 0.15) is 12.5 Å². The summed E-state index contributed by atoms with van der Waals surface area (Å²) in [6.45, 7) is 2.19. The van der Waals surface area contributed by atoms with E-state index in [2.05, 4.69) is 16.9 Å². The Balaban J connectivity index is 2.02. The SMILES string of the molecule is CCOC(=O)NSSCCc1ccccc1. The molecular formula is C11H15NO2S2. The van der Waals surface area contributed by atoms with Gasteiger partial charge in [-0.1, -0.05) is 41.1 Å². The second-order valence-electron chi connectivity index (χ2n) is 2.96. The molecule has 0 saturated heterocycles. The lowest BCUT2D eigenvalue weighted by atomic mass is 10.2. The number of carbonyl (C=O) groups is 1. The van der Waals surface area contributed by atoms with Crippen molar-refractivity contribution < 1.29 is 9.53 Å². The van der Waals surface area contributed by atoms with Gasteiger partial charge in [0, 0.05) is 16.7 Å². The largest absolute Gasteiger partial charge is 0.449 e. The van der Waals surface area contributed by atoms with Crippen LogP contribution in [0.2, 0.25) is 0 Å². The lowest BCUT2D eigenvalue weighted by molar-refractivity contribution is 0.159. The molecule has 0 saturated carbocycles. The van der Waals surface area contributed by atoms with Gasteiger partial charge in [-0.2, -0.15) is 0 Å². The maximum atomic E-state index is 10.9. The molecule has 0 spiro atoms. The van der Waals surface area contributed by atoms with E-state index in [1.165, 1.54) is 16.5 Å². The minimum atomic E-state index is -0.375. The van der Waals surface area contributed by atoms with Crippen LogP contribution >= 0.6 is 21.8 Å². The monoisotopic (exact) mass is 257 g/mol. The predicted octanol–water partition coefficient (Wildman–Crippen LogP) is 3.27. The van der Waals surface area contributed by atoms with Crippen molar-refractivity contribution in [1.82, 2.24) is 4.72 Å². The van der Waals surface area contributed by atoms with Crippen LogP contribution in [0, 0.1) is 0 Å². The summed E-state index contributed by atoms with van der Waals surface area (Å²) in [5.74, 6) is 0.959. The van der Waals surface area contributed by atoms with Crippen molar-refractivity contribution in [3.8, 4) is 0 Å². The third kappa shape index (κ3) is 5.92. The molecule has 5 heteroatoms. The van der Waals surface area contributed by atoms with Crippen LogP contribution in [0.4, 0.5) is 4.79 Å². The Bertz CT molecular complexity index is 306. The Morgan fingerprint density at radius 3 is 2.81 bits per heavy atom. The van der Waals surface area contributed by atoms with E-state index in [-0.39, 0.29) is 6.09 Å². The fraction of sp³-hybridized carbons (Fsp3) is 0.364. The Hall–Kier alpha value is -0.810. The van der Waals surface area contributed by atoms with Crippen LogP contribution in [0.3, 0.4) is 0 Å². The molecule has 0 fully saturated rings. The maximum absolute atomic E-state index is 10.9. The first-order valence-corrected chi connectivity index (χ1v) is 7.40. The van der Waals surface area contributed by atoms with Crippen molar-refractivity contribution in [3.05, 3.63) is 35.9 Å². The molecule has 0 atom stereocenters. The van der Waals surface area contributed by atoms with E-state index >= 15 is 0 Å². The smallest absolute Gasteiger partial charge is 0.417 e. The zero-order valence-electron chi connectivity index (χ0n) is 9.14. The van der Waals surface area contributed by atoms with Crippen molar-refractivity contribution in [2.45, 2.75) is 13.3 Å². The van der Waals surface area contributed by atoms with Gasteiger partial charge in [-0.25, -0.2) is 4.79 Å². The van der Waals surface area contributed by atoms with Crippen LogP contribution < -0.4 is 4.72 Å². The third-order valence-electron chi connectivity index (χ3n) is 1.78. The second-order valence-corrected chi connectivity index (χ2v) is 5.19. The van der Waals surface area contributed by atoms with Crippen molar-refractivity contribution in [2.75, 3.05) is 12.4 Å². The summed E-state index contributed by atoms with van der Waals surface area (Å²) in [4.78, 5) is 10.9. The predicted molar refractivity (Wildman–Crippen MR) is 70.4 cm³/mol. The molecule has 1 rings (SSSR count). The Morgan fingerprint density at radius 1 is 1.38 bits per heavy atom. The van der Waals surface area contributed by atoms with Gasteiger partial charge in [0.15, 0.2) is 0 Å². The summed E-state index contributed by atoms with van der Waals surface area (Å²) in [6.07, 6.45) is 0.628. The molecule has 0 aliphatic carbocycles. The lowest BCUT2D eigenvalue weighted by Crippen LogP contribution is -2.15. The van der Waals surface area contributed by atoms with Gasteiger partial charge in [-0.15, -0.1) is 0 Å². The van der Waals surface area contributed by atoms with Gasteiger partial charge >= 0.3 is 6.09 Å². The standard InChI is InChI=1S/C11H15NO2S2/c1-2-14-11(13)12-16-15-9-8-10-6-4-3-5-7-10/h3-7H,2,8-9H2,1H3,(H,12,13). The average Bonchev–Trinajstić information content (AvgIpc) is 2.30. The lowest BCUT2D eigenvalue weighted by Gasteiger charge is -2.03. The van der Waals surface area contributed by atoms with Crippen LogP contribution in [0.25, 0.3) is 0 Å². The van der Waals surface area contributed by atoms with Gasteiger partial charge in [0.05, 0.1) is 6.61 Å². The molecule has 16 heavy (non-hydrogen) atoms. The summed E-state index contributed by atoms with van der Waals surface area (Å²) < 4.78 is 7.31. The highest BCUT2D eigenvalue weighted by Crippen LogP contribution is 2.18. The molecule has 0 aliphatic heterocycles. The fourth-order valence-corrected chi connectivity index (χ4v) is 2.54. The van der Waals surface area contributed by atoms with Crippen molar-refractivity contribution in [2.24, 2.45) is 0 Å². The molecule has 1 N–H and O–H groups in total. The third-order valence-corrected chi connectivity index (χ3v) is 3.62. The minimum Gasteiger partial charge on any atom is -0.449 e. The van der Waals surface area contributed by atoms with Crippen LogP contribution in [0.15, 0.2) is 30.3 Å². The molecule has 0 heterocycles. The van der Waals surface area contributed by atoms with Gasteiger partial charge in [-0.05, 0) is 18.9 Å². The molecule has 1 aromatic rings. The topological polar surface area (TPSA) is 38.3 Å². The summed E-state index contributed by atoms with van der Waals surface area (Å²) in [5, 5.41) is 0. The number of ether oxygens (including phenoxy) is 1.